The van der Waals surface area contributed by atoms with E-state index in [0.29, 0.717) is 19.1 Å². The Balaban J connectivity index is 1.87. The van der Waals surface area contributed by atoms with Crippen molar-refractivity contribution in [3.05, 3.63) is 24.3 Å². The largest absolute Gasteiger partial charge is 0.494 e. The zero-order valence-electron chi connectivity index (χ0n) is 12.9. The predicted molar refractivity (Wildman–Crippen MR) is 82.5 cm³/mol. The highest BCUT2D eigenvalue weighted by molar-refractivity contribution is 5.32. The van der Waals surface area contributed by atoms with E-state index in [1.807, 2.05) is 38.2 Å². The van der Waals surface area contributed by atoms with Crippen LogP contribution in [-0.2, 0) is 0 Å². The van der Waals surface area contributed by atoms with Crippen LogP contribution in [0.15, 0.2) is 24.3 Å². The minimum absolute atomic E-state index is 0.363. The number of hydrogen-bond acceptors (Lipinski definition) is 4. The van der Waals surface area contributed by atoms with Crippen LogP contribution in [-0.4, -0.2) is 25.8 Å². The Labute approximate surface area is 127 Å². The Morgan fingerprint density at radius 1 is 1.38 bits per heavy atom. The van der Waals surface area contributed by atoms with Crippen molar-refractivity contribution >= 4 is 0 Å². The summed E-state index contributed by atoms with van der Waals surface area (Å²) in [5.74, 6) is 2.02. The lowest BCUT2D eigenvalue weighted by molar-refractivity contribution is 0.238. The summed E-state index contributed by atoms with van der Waals surface area (Å²) in [5, 5.41) is 12.6. The third-order valence-corrected chi connectivity index (χ3v) is 4.32. The molecule has 2 rings (SSSR count). The molecule has 1 saturated carbocycles. The molecule has 4 nitrogen and oxygen atoms in total. The van der Waals surface area contributed by atoms with E-state index in [4.69, 9.17) is 9.47 Å². The van der Waals surface area contributed by atoms with Gasteiger partial charge in [0.05, 0.1) is 19.3 Å². The summed E-state index contributed by atoms with van der Waals surface area (Å²) in [4.78, 5) is 0. The Bertz CT molecular complexity index is 498. The number of benzene rings is 1. The highest BCUT2D eigenvalue weighted by atomic mass is 16.5. The third-order valence-electron chi connectivity index (χ3n) is 4.32. The van der Waals surface area contributed by atoms with Gasteiger partial charge in [0.1, 0.15) is 17.0 Å². The first-order chi connectivity index (χ1) is 10.2. The molecule has 0 spiro atoms. The van der Waals surface area contributed by atoms with Gasteiger partial charge >= 0.3 is 0 Å². The molecule has 0 aromatic heterocycles. The molecule has 0 amide bonds. The Kier molecular flexibility index (Phi) is 5.46. The minimum Gasteiger partial charge on any atom is -0.494 e. The van der Waals surface area contributed by atoms with Crippen LogP contribution in [0.2, 0.25) is 0 Å². The van der Waals surface area contributed by atoms with Crippen LogP contribution in [0, 0.1) is 17.2 Å². The molecule has 1 aliphatic rings. The first-order valence-corrected chi connectivity index (χ1v) is 7.70. The van der Waals surface area contributed by atoms with Crippen molar-refractivity contribution in [2.45, 2.75) is 38.1 Å². The fraction of sp³-hybridized carbons (Fsp3) is 0.588. The maximum Gasteiger partial charge on any atom is 0.122 e. The predicted octanol–water partition coefficient (Wildman–Crippen LogP) is 3.14. The van der Waals surface area contributed by atoms with E-state index in [1.165, 1.54) is 0 Å². The highest BCUT2D eigenvalue weighted by Gasteiger charge is 2.41. The van der Waals surface area contributed by atoms with Crippen LogP contribution in [0.4, 0.5) is 0 Å². The standard InChI is InChI=1S/C17H24N2O2/c1-3-20-15-7-4-8-16(12-15)21-11-9-14-6-5-10-17(14,13-18)19-2/h4,7-8,12,14,19H,3,5-6,9-11H2,1-2H3. The maximum absolute atomic E-state index is 9.43. The van der Waals surface area contributed by atoms with Gasteiger partial charge in [-0.05, 0) is 51.3 Å². The quantitative estimate of drug-likeness (QED) is 0.837. The molecule has 0 radical (unpaired) electrons. The fourth-order valence-electron chi connectivity index (χ4n) is 3.14. The normalized spacial score (nSPS) is 24.5. The lowest BCUT2D eigenvalue weighted by atomic mass is 9.86. The molecule has 1 fully saturated rings. The number of ether oxygens (including phenoxy) is 2. The van der Waals surface area contributed by atoms with Crippen molar-refractivity contribution in [1.82, 2.24) is 5.32 Å². The van der Waals surface area contributed by atoms with Crippen LogP contribution < -0.4 is 14.8 Å². The summed E-state index contributed by atoms with van der Waals surface area (Å²) >= 11 is 0. The number of nitriles is 1. The Morgan fingerprint density at radius 3 is 2.81 bits per heavy atom. The van der Waals surface area contributed by atoms with Gasteiger partial charge in [0.15, 0.2) is 0 Å². The van der Waals surface area contributed by atoms with Crippen molar-refractivity contribution in [1.29, 1.82) is 5.26 Å². The molecule has 0 bridgehead atoms. The summed E-state index contributed by atoms with van der Waals surface area (Å²) in [7, 11) is 1.88. The van der Waals surface area contributed by atoms with Gasteiger partial charge in [-0.3, -0.25) is 0 Å². The molecule has 1 N–H and O–H groups in total. The van der Waals surface area contributed by atoms with Gasteiger partial charge < -0.3 is 14.8 Å². The second-order valence-electron chi connectivity index (χ2n) is 5.47. The zero-order valence-corrected chi connectivity index (χ0v) is 12.9. The molecule has 0 heterocycles. The van der Waals surface area contributed by atoms with E-state index in [-0.39, 0.29) is 5.54 Å². The van der Waals surface area contributed by atoms with Gasteiger partial charge in [-0.15, -0.1) is 0 Å². The molecule has 2 unspecified atom stereocenters. The van der Waals surface area contributed by atoms with Crippen molar-refractivity contribution in [3.63, 3.8) is 0 Å². The van der Waals surface area contributed by atoms with Crippen LogP contribution >= 0.6 is 0 Å². The monoisotopic (exact) mass is 288 g/mol. The lowest BCUT2D eigenvalue weighted by Crippen LogP contribution is -2.45. The van der Waals surface area contributed by atoms with Gasteiger partial charge in [-0.1, -0.05) is 12.5 Å². The van der Waals surface area contributed by atoms with Crippen LogP contribution in [0.5, 0.6) is 11.5 Å². The van der Waals surface area contributed by atoms with Crippen molar-refractivity contribution in [2.75, 3.05) is 20.3 Å². The van der Waals surface area contributed by atoms with E-state index in [2.05, 4.69) is 11.4 Å². The summed E-state index contributed by atoms with van der Waals surface area (Å²) in [6, 6.07) is 10.2. The summed E-state index contributed by atoms with van der Waals surface area (Å²) in [6.07, 6.45) is 4.04. The number of nitrogens with zero attached hydrogens (tertiary/aromatic N) is 1. The molecule has 0 aliphatic heterocycles. The van der Waals surface area contributed by atoms with Gasteiger partial charge in [0, 0.05) is 6.07 Å². The summed E-state index contributed by atoms with van der Waals surface area (Å²) < 4.78 is 11.3. The summed E-state index contributed by atoms with van der Waals surface area (Å²) in [6.45, 7) is 3.25. The molecular weight excluding hydrogens is 264 g/mol. The molecule has 114 valence electrons. The van der Waals surface area contributed by atoms with E-state index < -0.39 is 0 Å². The SMILES string of the molecule is CCOc1cccc(OCCC2CCCC2(C#N)NC)c1. The van der Waals surface area contributed by atoms with Crippen LogP contribution in [0.1, 0.15) is 32.6 Å². The highest BCUT2D eigenvalue weighted by Crippen LogP contribution is 2.37. The second-order valence-corrected chi connectivity index (χ2v) is 5.47. The molecule has 1 aromatic rings. The fourth-order valence-corrected chi connectivity index (χ4v) is 3.14. The number of rotatable bonds is 7. The molecule has 1 aliphatic carbocycles. The number of hydrogen-bond donors (Lipinski definition) is 1. The smallest absolute Gasteiger partial charge is 0.122 e. The Morgan fingerprint density at radius 2 is 2.14 bits per heavy atom. The average Bonchev–Trinajstić information content (AvgIpc) is 2.91. The van der Waals surface area contributed by atoms with Crippen molar-refractivity contribution in [2.24, 2.45) is 5.92 Å². The Hall–Kier alpha value is -1.73. The van der Waals surface area contributed by atoms with Crippen molar-refractivity contribution in [3.8, 4) is 17.6 Å². The van der Waals surface area contributed by atoms with Gasteiger partial charge in [-0.25, -0.2) is 0 Å². The molecule has 4 heteroatoms. The minimum atomic E-state index is -0.365. The molecule has 2 atom stereocenters. The zero-order chi connectivity index (χ0) is 15.1. The maximum atomic E-state index is 9.43. The summed E-state index contributed by atoms with van der Waals surface area (Å²) in [5.41, 5.74) is -0.365. The molecular formula is C17H24N2O2. The van der Waals surface area contributed by atoms with E-state index in [9.17, 15) is 5.26 Å². The van der Waals surface area contributed by atoms with E-state index in [1.54, 1.807) is 0 Å². The molecule has 1 aromatic carbocycles. The van der Waals surface area contributed by atoms with Crippen molar-refractivity contribution < 1.29 is 9.47 Å². The first kappa shape index (κ1) is 15.7. The second kappa shape index (κ2) is 7.33. The van der Waals surface area contributed by atoms with E-state index >= 15 is 0 Å². The topological polar surface area (TPSA) is 54.3 Å². The van der Waals surface area contributed by atoms with Gasteiger partial charge in [0.2, 0.25) is 0 Å². The molecule has 0 saturated heterocycles. The van der Waals surface area contributed by atoms with E-state index in [0.717, 1.165) is 37.2 Å². The third kappa shape index (κ3) is 3.68. The molecule has 21 heavy (non-hydrogen) atoms. The van der Waals surface area contributed by atoms with Crippen LogP contribution in [0.25, 0.3) is 0 Å². The van der Waals surface area contributed by atoms with Crippen LogP contribution in [0.3, 0.4) is 0 Å². The van der Waals surface area contributed by atoms with Gasteiger partial charge in [0.25, 0.3) is 0 Å². The number of nitrogens with one attached hydrogen (secondary N) is 1. The first-order valence-electron chi connectivity index (χ1n) is 7.70. The lowest BCUT2D eigenvalue weighted by Gasteiger charge is -2.28. The average molecular weight is 288 g/mol. The van der Waals surface area contributed by atoms with Gasteiger partial charge in [-0.2, -0.15) is 5.26 Å².